The summed E-state index contributed by atoms with van der Waals surface area (Å²) in [4.78, 5) is 2.81. The molecule has 3 nitrogen and oxygen atoms in total. The summed E-state index contributed by atoms with van der Waals surface area (Å²) in [6.07, 6.45) is -2.82. The second kappa shape index (κ2) is 4.64. The van der Waals surface area contributed by atoms with Gasteiger partial charge in [-0.05, 0) is 28.7 Å². The highest BCUT2D eigenvalue weighted by atomic mass is 127. The van der Waals surface area contributed by atoms with E-state index >= 15 is 0 Å². The van der Waals surface area contributed by atoms with E-state index in [4.69, 9.17) is 22.3 Å². The first-order valence-electron chi connectivity index (χ1n) is 3.32. The highest BCUT2D eigenvalue weighted by Gasteiger charge is 2.22. The Morgan fingerprint density at radius 2 is 2.00 bits per heavy atom. The van der Waals surface area contributed by atoms with Crippen LogP contribution in [0.1, 0.15) is 12.1 Å². The minimum atomic E-state index is -4.07. The fourth-order valence-electron chi connectivity index (χ4n) is 0.787. The van der Waals surface area contributed by atoms with Crippen molar-refractivity contribution in [1.82, 2.24) is 4.98 Å². The average Bonchev–Trinajstić information content (AvgIpc) is 2.06. The van der Waals surface area contributed by atoms with Crippen LogP contribution >= 0.6 is 44.9 Å². The second-order valence-electron chi connectivity index (χ2n) is 2.38. The number of hydrogen-bond donors (Lipinski definition) is 0. The van der Waals surface area contributed by atoms with Gasteiger partial charge >= 0.3 is 0 Å². The van der Waals surface area contributed by atoms with Gasteiger partial charge in [0.25, 0.3) is 15.5 Å². The molecule has 15 heavy (non-hydrogen) atoms. The Hall–Kier alpha value is 0.270. The average molecular weight is 388 g/mol. The zero-order valence-corrected chi connectivity index (χ0v) is 11.2. The highest BCUT2D eigenvalue weighted by Crippen LogP contribution is 2.30. The fourth-order valence-corrected chi connectivity index (χ4v) is 3.09. The Bertz CT molecular complexity index is 494. The Labute approximate surface area is 107 Å². The molecule has 0 N–H and O–H groups in total. The molecule has 1 aromatic heterocycles. The normalized spacial score (nSPS) is 12.1. The van der Waals surface area contributed by atoms with Crippen molar-refractivity contribution in [3.8, 4) is 0 Å². The van der Waals surface area contributed by atoms with Gasteiger partial charge in [-0.25, -0.2) is 22.2 Å². The van der Waals surface area contributed by atoms with E-state index in [9.17, 15) is 17.2 Å². The van der Waals surface area contributed by atoms with Crippen molar-refractivity contribution in [3.05, 3.63) is 20.5 Å². The Morgan fingerprint density at radius 3 is 2.40 bits per heavy atom. The summed E-state index contributed by atoms with van der Waals surface area (Å²) in [5.74, 6) is 0. The lowest BCUT2D eigenvalue weighted by Gasteiger charge is -2.05. The van der Waals surface area contributed by atoms with Gasteiger partial charge in [0.2, 0.25) is 0 Å². The maximum atomic E-state index is 12.3. The summed E-state index contributed by atoms with van der Waals surface area (Å²) in [6, 6.07) is 0.958. The van der Waals surface area contributed by atoms with Gasteiger partial charge in [0.05, 0.1) is 0 Å². The molecule has 0 saturated carbocycles. The van der Waals surface area contributed by atoms with Crippen molar-refractivity contribution in [2.75, 3.05) is 0 Å². The number of alkyl halides is 2. The number of halogens is 5. The van der Waals surface area contributed by atoms with E-state index < -0.39 is 31.2 Å². The van der Waals surface area contributed by atoms with E-state index in [1.54, 1.807) is 0 Å². The lowest BCUT2D eigenvalue weighted by atomic mass is 10.4. The zero-order chi connectivity index (χ0) is 11.8. The number of aromatic nitrogens is 1. The molecule has 0 aliphatic heterocycles. The van der Waals surface area contributed by atoms with E-state index in [1.165, 1.54) is 22.6 Å². The van der Waals surface area contributed by atoms with Crippen LogP contribution in [0.5, 0.6) is 0 Å². The molecule has 0 radical (unpaired) electrons. The van der Waals surface area contributed by atoms with Crippen molar-refractivity contribution in [3.63, 3.8) is 0 Å². The first-order valence-corrected chi connectivity index (χ1v) is 7.09. The van der Waals surface area contributed by atoms with Crippen LogP contribution in [-0.2, 0) is 9.05 Å². The van der Waals surface area contributed by atoms with Gasteiger partial charge in [-0.3, -0.25) is 0 Å². The molecule has 1 aromatic rings. The van der Waals surface area contributed by atoms with Crippen LogP contribution in [0.25, 0.3) is 0 Å². The molecule has 0 amide bonds. The van der Waals surface area contributed by atoms with Crippen molar-refractivity contribution in [2.24, 2.45) is 0 Å². The van der Waals surface area contributed by atoms with Gasteiger partial charge in [0.1, 0.15) is 15.7 Å². The van der Waals surface area contributed by atoms with Gasteiger partial charge in [0, 0.05) is 14.3 Å². The monoisotopic (exact) mass is 387 g/mol. The molecule has 9 heteroatoms. The third-order valence-corrected chi connectivity index (χ3v) is 3.99. The Morgan fingerprint density at radius 1 is 1.47 bits per heavy atom. The lowest BCUT2D eigenvalue weighted by Crippen LogP contribution is -2.01. The third kappa shape index (κ3) is 3.11. The summed E-state index contributed by atoms with van der Waals surface area (Å²) in [7, 11) is 0.954. The second-order valence-corrected chi connectivity index (χ2v) is 6.44. The van der Waals surface area contributed by atoms with Crippen LogP contribution in [0.2, 0.25) is 5.15 Å². The minimum absolute atomic E-state index is 0.00812. The summed E-state index contributed by atoms with van der Waals surface area (Å²) in [5.41, 5.74) is -0.565. The van der Waals surface area contributed by atoms with Gasteiger partial charge in [-0.15, -0.1) is 0 Å². The smallest absolute Gasteiger partial charge is 0.233 e. The molecule has 0 aliphatic rings. The number of nitrogens with zero attached hydrogens (tertiary/aromatic N) is 1. The van der Waals surface area contributed by atoms with Crippen molar-refractivity contribution in [2.45, 2.75) is 11.3 Å². The predicted octanol–water partition coefficient (Wildman–Crippen LogP) is 3.20. The lowest BCUT2D eigenvalue weighted by molar-refractivity contribution is 0.145. The SMILES string of the molecule is O=S(=O)(Cl)c1cc(I)c(C(F)F)nc1Cl. The van der Waals surface area contributed by atoms with E-state index in [2.05, 4.69) is 4.98 Å². The summed E-state index contributed by atoms with van der Waals surface area (Å²) in [5, 5.41) is -0.555. The molecule has 0 unspecified atom stereocenters. The minimum Gasteiger partial charge on any atom is -0.233 e. The quantitative estimate of drug-likeness (QED) is 0.444. The van der Waals surface area contributed by atoms with E-state index in [0.29, 0.717) is 0 Å². The van der Waals surface area contributed by atoms with Crippen molar-refractivity contribution in [1.29, 1.82) is 0 Å². The van der Waals surface area contributed by atoms with Crippen LogP contribution in [-0.4, -0.2) is 13.4 Å². The van der Waals surface area contributed by atoms with Gasteiger partial charge in [-0.1, -0.05) is 11.6 Å². The molecule has 0 atom stereocenters. The maximum absolute atomic E-state index is 12.3. The first kappa shape index (κ1) is 13.3. The molecule has 1 heterocycles. The fraction of sp³-hybridized carbons (Fsp3) is 0.167. The zero-order valence-electron chi connectivity index (χ0n) is 6.72. The Kier molecular flexibility index (Phi) is 4.13. The molecular formula is C6H2Cl2F2INO2S. The Balaban J connectivity index is 3.46. The summed E-state index contributed by atoms with van der Waals surface area (Å²) >= 11 is 6.95. The third-order valence-electron chi connectivity index (χ3n) is 1.39. The largest absolute Gasteiger partial charge is 0.281 e. The van der Waals surface area contributed by atoms with E-state index in [1.807, 2.05) is 0 Å². The van der Waals surface area contributed by atoms with Crippen molar-refractivity contribution < 1.29 is 17.2 Å². The molecule has 0 fully saturated rings. The molecule has 0 saturated heterocycles. The van der Waals surface area contributed by atoms with Crippen LogP contribution in [0.3, 0.4) is 0 Å². The van der Waals surface area contributed by atoms with E-state index in [-0.39, 0.29) is 3.57 Å². The number of hydrogen-bond acceptors (Lipinski definition) is 3. The van der Waals surface area contributed by atoms with Crippen LogP contribution in [0.15, 0.2) is 11.0 Å². The molecule has 0 bridgehead atoms. The molecule has 0 aliphatic carbocycles. The van der Waals surface area contributed by atoms with Gasteiger partial charge in [0.15, 0.2) is 0 Å². The predicted molar refractivity (Wildman–Crippen MR) is 60.0 cm³/mol. The van der Waals surface area contributed by atoms with Gasteiger partial charge < -0.3 is 0 Å². The standard InChI is InChI=1S/C6H2Cl2F2INO2S/c7-5-3(15(8,13)14)1-2(11)4(12-5)6(9)10/h1,6H. The topological polar surface area (TPSA) is 47.0 Å². The number of rotatable bonds is 2. The maximum Gasteiger partial charge on any atom is 0.281 e. The molecule has 1 rings (SSSR count). The van der Waals surface area contributed by atoms with Crippen LogP contribution in [0.4, 0.5) is 8.78 Å². The van der Waals surface area contributed by atoms with Gasteiger partial charge in [-0.2, -0.15) is 0 Å². The van der Waals surface area contributed by atoms with E-state index in [0.717, 1.165) is 6.07 Å². The highest BCUT2D eigenvalue weighted by molar-refractivity contribution is 14.1. The first-order chi connectivity index (χ1) is 6.73. The summed E-state index contributed by atoms with van der Waals surface area (Å²) < 4.78 is 46.5. The molecule has 0 aromatic carbocycles. The molecular weight excluding hydrogens is 386 g/mol. The van der Waals surface area contributed by atoms with Crippen LogP contribution in [0, 0.1) is 3.57 Å². The molecule has 0 spiro atoms. The van der Waals surface area contributed by atoms with Crippen molar-refractivity contribution >= 4 is 53.9 Å². The summed E-state index contributed by atoms with van der Waals surface area (Å²) in [6.45, 7) is 0. The number of pyridine rings is 1. The van der Waals surface area contributed by atoms with Crippen LogP contribution < -0.4 is 0 Å². The molecule has 84 valence electrons.